The molecule has 0 fully saturated rings. The van der Waals surface area contributed by atoms with Gasteiger partial charge < -0.3 is 10.1 Å². The van der Waals surface area contributed by atoms with E-state index in [1.807, 2.05) is 56.3 Å². The van der Waals surface area contributed by atoms with Gasteiger partial charge in [0.2, 0.25) is 0 Å². The Bertz CT molecular complexity index is 1170. The molecule has 0 aliphatic rings. The van der Waals surface area contributed by atoms with E-state index in [9.17, 15) is 4.79 Å². The lowest BCUT2D eigenvalue weighted by Gasteiger charge is -2.12. The van der Waals surface area contributed by atoms with Gasteiger partial charge in [0, 0.05) is 16.3 Å². The standard InChI is InChI=1S/C23H19ClN2O2S/c1-14-12-16(10-11-18(14)24)28-13-22(27)25-19-8-5-6-17(15(19)2)23-26-20-7-3-4-9-21(20)29-23/h3-12H,13H2,1-2H3,(H,25,27). The number of carbonyl (C=O) groups excluding carboxylic acids is 1. The van der Waals surface area contributed by atoms with Crippen molar-refractivity contribution >= 4 is 44.7 Å². The highest BCUT2D eigenvalue weighted by molar-refractivity contribution is 7.21. The molecule has 4 rings (SSSR count). The van der Waals surface area contributed by atoms with E-state index in [0.717, 1.165) is 37.6 Å². The molecule has 1 aromatic heterocycles. The number of para-hydroxylation sites is 1. The summed E-state index contributed by atoms with van der Waals surface area (Å²) in [5.41, 5.74) is 4.63. The molecule has 29 heavy (non-hydrogen) atoms. The maximum absolute atomic E-state index is 12.4. The minimum absolute atomic E-state index is 0.0775. The predicted octanol–water partition coefficient (Wildman–Crippen LogP) is 6.25. The fourth-order valence-corrected chi connectivity index (χ4v) is 4.20. The summed E-state index contributed by atoms with van der Waals surface area (Å²) in [6, 6.07) is 19.2. The summed E-state index contributed by atoms with van der Waals surface area (Å²) in [5, 5.41) is 4.55. The number of hydrogen-bond acceptors (Lipinski definition) is 4. The van der Waals surface area contributed by atoms with Crippen LogP contribution >= 0.6 is 22.9 Å². The molecule has 146 valence electrons. The molecule has 0 unspecified atom stereocenters. The van der Waals surface area contributed by atoms with E-state index in [1.165, 1.54) is 0 Å². The lowest BCUT2D eigenvalue weighted by molar-refractivity contribution is -0.118. The second-order valence-corrected chi connectivity index (χ2v) is 8.15. The first-order chi connectivity index (χ1) is 14.0. The molecule has 0 bridgehead atoms. The lowest BCUT2D eigenvalue weighted by Crippen LogP contribution is -2.20. The zero-order valence-corrected chi connectivity index (χ0v) is 17.6. The summed E-state index contributed by atoms with van der Waals surface area (Å²) in [6.45, 7) is 3.80. The van der Waals surface area contributed by atoms with Crippen LogP contribution in [0.2, 0.25) is 5.02 Å². The number of benzene rings is 3. The average molecular weight is 423 g/mol. The third-order valence-corrected chi connectivity index (χ3v) is 6.13. The highest BCUT2D eigenvalue weighted by Crippen LogP contribution is 2.34. The number of ether oxygens (including phenoxy) is 1. The Hall–Kier alpha value is -2.89. The van der Waals surface area contributed by atoms with Crippen LogP contribution in [-0.4, -0.2) is 17.5 Å². The number of nitrogens with zero attached hydrogens (tertiary/aromatic N) is 1. The van der Waals surface area contributed by atoms with Gasteiger partial charge >= 0.3 is 0 Å². The van der Waals surface area contributed by atoms with Crippen molar-refractivity contribution in [2.75, 3.05) is 11.9 Å². The van der Waals surface area contributed by atoms with Crippen LogP contribution in [0.25, 0.3) is 20.8 Å². The molecule has 0 saturated heterocycles. The minimum atomic E-state index is -0.220. The molecular weight excluding hydrogens is 404 g/mol. The van der Waals surface area contributed by atoms with E-state index >= 15 is 0 Å². The number of amides is 1. The Morgan fingerprint density at radius 3 is 2.72 bits per heavy atom. The minimum Gasteiger partial charge on any atom is -0.484 e. The zero-order valence-electron chi connectivity index (χ0n) is 16.0. The highest BCUT2D eigenvalue weighted by Gasteiger charge is 2.13. The third-order valence-electron chi connectivity index (χ3n) is 4.63. The summed E-state index contributed by atoms with van der Waals surface area (Å²) in [6.07, 6.45) is 0. The van der Waals surface area contributed by atoms with Crippen molar-refractivity contribution in [2.24, 2.45) is 0 Å². The van der Waals surface area contributed by atoms with E-state index in [4.69, 9.17) is 21.3 Å². The molecule has 0 radical (unpaired) electrons. The van der Waals surface area contributed by atoms with Crippen LogP contribution in [0, 0.1) is 13.8 Å². The number of fused-ring (bicyclic) bond motifs is 1. The van der Waals surface area contributed by atoms with E-state index < -0.39 is 0 Å². The Morgan fingerprint density at radius 1 is 1.10 bits per heavy atom. The van der Waals surface area contributed by atoms with Crippen LogP contribution < -0.4 is 10.1 Å². The van der Waals surface area contributed by atoms with Gasteiger partial charge in [-0.3, -0.25) is 4.79 Å². The lowest BCUT2D eigenvalue weighted by atomic mass is 10.1. The summed E-state index contributed by atoms with van der Waals surface area (Å²) < 4.78 is 6.73. The van der Waals surface area contributed by atoms with Crippen LogP contribution in [0.1, 0.15) is 11.1 Å². The number of rotatable bonds is 5. The van der Waals surface area contributed by atoms with Crippen molar-refractivity contribution in [1.29, 1.82) is 0 Å². The van der Waals surface area contributed by atoms with Crippen molar-refractivity contribution < 1.29 is 9.53 Å². The maximum atomic E-state index is 12.4. The summed E-state index contributed by atoms with van der Waals surface area (Å²) in [7, 11) is 0. The normalized spacial score (nSPS) is 10.9. The third kappa shape index (κ3) is 4.26. The largest absolute Gasteiger partial charge is 0.484 e. The first-order valence-electron chi connectivity index (χ1n) is 9.15. The van der Waals surface area contributed by atoms with E-state index in [-0.39, 0.29) is 12.5 Å². The second-order valence-electron chi connectivity index (χ2n) is 6.71. The van der Waals surface area contributed by atoms with Crippen molar-refractivity contribution in [1.82, 2.24) is 4.98 Å². The van der Waals surface area contributed by atoms with Crippen molar-refractivity contribution in [3.8, 4) is 16.3 Å². The van der Waals surface area contributed by atoms with Gasteiger partial charge in [0.15, 0.2) is 6.61 Å². The number of anilines is 1. The van der Waals surface area contributed by atoms with Gasteiger partial charge in [-0.05, 0) is 61.4 Å². The molecule has 6 heteroatoms. The molecule has 1 amide bonds. The number of thiazole rings is 1. The Morgan fingerprint density at radius 2 is 1.93 bits per heavy atom. The fourth-order valence-electron chi connectivity index (χ4n) is 3.03. The number of aryl methyl sites for hydroxylation is 1. The number of hydrogen-bond donors (Lipinski definition) is 1. The topological polar surface area (TPSA) is 51.2 Å². The average Bonchev–Trinajstić information content (AvgIpc) is 3.14. The monoisotopic (exact) mass is 422 g/mol. The molecule has 0 atom stereocenters. The Labute approximate surface area is 178 Å². The van der Waals surface area contributed by atoms with Crippen LogP contribution in [0.5, 0.6) is 5.75 Å². The SMILES string of the molecule is Cc1cc(OCC(=O)Nc2cccc(-c3nc4ccccc4s3)c2C)ccc1Cl. The molecule has 0 saturated carbocycles. The van der Waals surface area contributed by atoms with E-state index in [0.29, 0.717) is 10.8 Å². The predicted molar refractivity (Wildman–Crippen MR) is 120 cm³/mol. The van der Waals surface area contributed by atoms with Gasteiger partial charge in [-0.25, -0.2) is 4.98 Å². The molecule has 0 spiro atoms. The van der Waals surface area contributed by atoms with Crippen molar-refractivity contribution in [3.63, 3.8) is 0 Å². The van der Waals surface area contributed by atoms with Crippen LogP contribution in [0.15, 0.2) is 60.7 Å². The van der Waals surface area contributed by atoms with Crippen LogP contribution in [0.3, 0.4) is 0 Å². The molecule has 1 N–H and O–H groups in total. The van der Waals surface area contributed by atoms with E-state index in [2.05, 4.69) is 11.4 Å². The zero-order chi connectivity index (χ0) is 20.4. The van der Waals surface area contributed by atoms with Crippen molar-refractivity contribution in [3.05, 3.63) is 76.8 Å². The summed E-state index contributed by atoms with van der Waals surface area (Å²) in [4.78, 5) is 17.1. The van der Waals surface area contributed by atoms with Gasteiger partial charge in [0.25, 0.3) is 5.91 Å². The van der Waals surface area contributed by atoms with Gasteiger partial charge in [-0.15, -0.1) is 11.3 Å². The smallest absolute Gasteiger partial charge is 0.262 e. The number of carbonyl (C=O) groups is 1. The number of nitrogens with one attached hydrogen (secondary N) is 1. The summed E-state index contributed by atoms with van der Waals surface area (Å²) >= 11 is 7.66. The number of halogens is 1. The molecule has 0 aliphatic carbocycles. The van der Waals surface area contributed by atoms with E-state index in [1.54, 1.807) is 23.5 Å². The molecule has 4 aromatic rings. The first kappa shape index (κ1) is 19.4. The van der Waals surface area contributed by atoms with Gasteiger partial charge in [0.05, 0.1) is 10.2 Å². The molecule has 0 aliphatic heterocycles. The van der Waals surface area contributed by atoms with Gasteiger partial charge in [-0.2, -0.15) is 0 Å². The second kappa shape index (κ2) is 8.23. The Balaban J connectivity index is 1.49. The quantitative estimate of drug-likeness (QED) is 0.413. The van der Waals surface area contributed by atoms with Crippen LogP contribution in [0.4, 0.5) is 5.69 Å². The van der Waals surface area contributed by atoms with Crippen molar-refractivity contribution in [2.45, 2.75) is 13.8 Å². The van der Waals surface area contributed by atoms with Crippen LogP contribution in [-0.2, 0) is 4.79 Å². The van der Waals surface area contributed by atoms with Gasteiger partial charge in [0.1, 0.15) is 10.8 Å². The fraction of sp³-hybridized carbons (Fsp3) is 0.130. The molecule has 3 aromatic carbocycles. The number of aromatic nitrogens is 1. The Kier molecular flexibility index (Phi) is 5.51. The first-order valence-corrected chi connectivity index (χ1v) is 10.3. The van der Waals surface area contributed by atoms with Gasteiger partial charge in [-0.1, -0.05) is 35.9 Å². The molecular formula is C23H19ClN2O2S. The highest BCUT2D eigenvalue weighted by atomic mass is 35.5. The summed E-state index contributed by atoms with van der Waals surface area (Å²) in [5.74, 6) is 0.393. The maximum Gasteiger partial charge on any atom is 0.262 e. The molecule has 4 nitrogen and oxygen atoms in total. The molecule has 1 heterocycles.